The quantitative estimate of drug-likeness (QED) is 0.593. The van der Waals surface area contributed by atoms with Crippen LogP contribution in [-0.2, 0) is 9.84 Å². The van der Waals surface area contributed by atoms with Gasteiger partial charge in [-0.15, -0.1) is 0 Å². The number of anilines is 1. The molecule has 0 saturated carbocycles. The first-order valence-corrected chi connectivity index (χ1v) is 7.87. The highest BCUT2D eigenvalue weighted by molar-refractivity contribution is 7.91. The molecule has 0 aliphatic carbocycles. The van der Waals surface area contributed by atoms with Crippen molar-refractivity contribution in [3.05, 3.63) is 34.1 Å². The van der Waals surface area contributed by atoms with E-state index in [1.807, 2.05) is 0 Å². The molecule has 0 radical (unpaired) electrons. The van der Waals surface area contributed by atoms with Crippen LogP contribution in [0.3, 0.4) is 0 Å². The maximum Gasteiger partial charge on any atom is 0.295 e. The first-order chi connectivity index (χ1) is 9.18. The van der Waals surface area contributed by atoms with E-state index in [2.05, 4.69) is 0 Å². The van der Waals surface area contributed by atoms with E-state index < -0.39 is 26.6 Å². The van der Waals surface area contributed by atoms with Crippen LogP contribution in [-0.4, -0.2) is 37.9 Å². The van der Waals surface area contributed by atoms with Crippen LogP contribution in [0.5, 0.6) is 0 Å². The van der Waals surface area contributed by atoms with Crippen molar-refractivity contribution in [2.75, 3.05) is 23.5 Å². The second-order valence-corrected chi connectivity index (χ2v) is 6.95. The summed E-state index contributed by atoms with van der Waals surface area (Å²) >= 11 is 0. The van der Waals surface area contributed by atoms with E-state index in [0.29, 0.717) is 0 Å². The Balaban J connectivity index is 3.09. The molecule has 0 amide bonds. The molecule has 0 saturated heterocycles. The highest BCUT2D eigenvalue weighted by Gasteiger charge is 2.24. The molecule has 0 heterocycles. The van der Waals surface area contributed by atoms with Crippen molar-refractivity contribution >= 4 is 21.2 Å². The first-order valence-electron chi connectivity index (χ1n) is 6.05. The molecule has 1 aromatic rings. The van der Waals surface area contributed by atoms with Crippen LogP contribution in [0.4, 0.5) is 15.8 Å². The lowest BCUT2D eigenvalue weighted by molar-refractivity contribution is -0.384. The SMILES string of the molecule is CCS(=O)(=O)C[C@H](C)N(C)c1ccc(F)cc1[N+](=O)[O-]. The van der Waals surface area contributed by atoms with Gasteiger partial charge in [0.25, 0.3) is 5.69 Å². The average molecular weight is 304 g/mol. The lowest BCUT2D eigenvalue weighted by Crippen LogP contribution is -2.36. The summed E-state index contributed by atoms with van der Waals surface area (Å²) < 4.78 is 36.3. The van der Waals surface area contributed by atoms with Crippen molar-refractivity contribution in [3.63, 3.8) is 0 Å². The van der Waals surface area contributed by atoms with Crippen LogP contribution < -0.4 is 4.90 Å². The molecule has 0 fully saturated rings. The minimum Gasteiger partial charge on any atom is -0.365 e. The number of nitro benzene ring substituents is 1. The topological polar surface area (TPSA) is 80.5 Å². The third-order valence-corrected chi connectivity index (χ3v) is 4.98. The number of hydrogen-bond donors (Lipinski definition) is 0. The molecule has 112 valence electrons. The van der Waals surface area contributed by atoms with Crippen LogP contribution >= 0.6 is 0 Å². The minimum atomic E-state index is -3.20. The molecule has 20 heavy (non-hydrogen) atoms. The smallest absolute Gasteiger partial charge is 0.295 e. The number of rotatable bonds is 6. The Kier molecular flexibility index (Phi) is 5.04. The summed E-state index contributed by atoms with van der Waals surface area (Å²) in [5.74, 6) is -0.812. The highest BCUT2D eigenvalue weighted by Crippen LogP contribution is 2.29. The Bertz CT molecular complexity index is 603. The van der Waals surface area contributed by atoms with Gasteiger partial charge < -0.3 is 4.90 Å². The van der Waals surface area contributed by atoms with E-state index in [9.17, 15) is 22.9 Å². The molecule has 1 aromatic carbocycles. The molecular weight excluding hydrogens is 287 g/mol. The molecule has 1 atom stereocenters. The standard InChI is InChI=1S/C12H17FN2O4S/c1-4-20(18,19)8-9(2)14(3)11-6-5-10(13)7-12(11)15(16)17/h5-7,9H,4,8H2,1-3H3/t9-/m0/s1. The molecule has 8 heteroatoms. The summed E-state index contributed by atoms with van der Waals surface area (Å²) in [6, 6.07) is 2.76. The van der Waals surface area contributed by atoms with Crippen LogP contribution in [0.1, 0.15) is 13.8 Å². The first kappa shape index (κ1) is 16.4. The predicted molar refractivity (Wildman–Crippen MR) is 75.2 cm³/mol. The van der Waals surface area contributed by atoms with Gasteiger partial charge in [-0.3, -0.25) is 10.1 Å². The van der Waals surface area contributed by atoms with Crippen molar-refractivity contribution in [2.45, 2.75) is 19.9 Å². The molecule has 1 rings (SSSR count). The van der Waals surface area contributed by atoms with Gasteiger partial charge in [0.2, 0.25) is 0 Å². The Morgan fingerprint density at radius 2 is 2.05 bits per heavy atom. The van der Waals surface area contributed by atoms with Crippen molar-refractivity contribution < 1.29 is 17.7 Å². The summed E-state index contributed by atoms with van der Waals surface area (Å²) in [5.41, 5.74) is -0.191. The van der Waals surface area contributed by atoms with Gasteiger partial charge in [0.05, 0.1) is 16.7 Å². The van der Waals surface area contributed by atoms with Crippen LogP contribution in [0.2, 0.25) is 0 Å². The Morgan fingerprint density at radius 1 is 1.45 bits per heavy atom. The maximum absolute atomic E-state index is 13.1. The summed E-state index contributed by atoms with van der Waals surface area (Å²) in [7, 11) is -1.65. The number of hydrogen-bond acceptors (Lipinski definition) is 5. The van der Waals surface area contributed by atoms with Crippen molar-refractivity contribution in [2.24, 2.45) is 0 Å². The predicted octanol–water partition coefficient (Wildman–Crippen LogP) is 1.99. The molecule has 0 unspecified atom stereocenters. The van der Waals surface area contributed by atoms with Crippen molar-refractivity contribution in [1.82, 2.24) is 0 Å². The number of sulfone groups is 1. The van der Waals surface area contributed by atoms with E-state index >= 15 is 0 Å². The zero-order chi connectivity index (χ0) is 15.5. The third-order valence-electron chi connectivity index (χ3n) is 3.11. The van der Waals surface area contributed by atoms with Crippen molar-refractivity contribution in [3.8, 4) is 0 Å². The average Bonchev–Trinajstić information content (AvgIpc) is 2.37. The minimum absolute atomic E-state index is 0.0106. The fourth-order valence-electron chi connectivity index (χ4n) is 1.78. The van der Waals surface area contributed by atoms with E-state index in [1.54, 1.807) is 20.9 Å². The number of halogens is 1. The largest absolute Gasteiger partial charge is 0.365 e. The van der Waals surface area contributed by atoms with E-state index in [1.165, 1.54) is 11.0 Å². The summed E-state index contributed by atoms with van der Waals surface area (Å²) in [6.45, 7) is 3.20. The molecule has 0 spiro atoms. The van der Waals surface area contributed by atoms with Gasteiger partial charge in [0, 0.05) is 18.8 Å². The lowest BCUT2D eigenvalue weighted by atomic mass is 10.2. The molecule has 0 bridgehead atoms. The Morgan fingerprint density at radius 3 is 2.55 bits per heavy atom. The highest BCUT2D eigenvalue weighted by atomic mass is 32.2. The number of nitro groups is 1. The molecular formula is C12H17FN2O4S. The van der Waals surface area contributed by atoms with Gasteiger partial charge >= 0.3 is 0 Å². The molecule has 6 nitrogen and oxygen atoms in total. The fraction of sp³-hybridized carbons (Fsp3) is 0.500. The second kappa shape index (κ2) is 6.17. The van der Waals surface area contributed by atoms with Gasteiger partial charge in [-0.25, -0.2) is 12.8 Å². The summed E-state index contributed by atoms with van der Waals surface area (Å²) in [5, 5.41) is 10.9. The van der Waals surface area contributed by atoms with Crippen LogP contribution in [0.15, 0.2) is 18.2 Å². The fourth-order valence-corrected chi connectivity index (χ4v) is 2.97. The van der Waals surface area contributed by atoms with Gasteiger partial charge in [-0.05, 0) is 19.1 Å². The maximum atomic E-state index is 13.1. The van der Waals surface area contributed by atoms with Crippen LogP contribution in [0, 0.1) is 15.9 Å². The lowest BCUT2D eigenvalue weighted by Gasteiger charge is -2.26. The normalized spacial score (nSPS) is 13.0. The molecule has 0 aliphatic heterocycles. The summed E-state index contributed by atoms with van der Waals surface area (Å²) in [4.78, 5) is 11.7. The van der Waals surface area contributed by atoms with Gasteiger partial charge in [-0.1, -0.05) is 6.92 Å². The van der Waals surface area contributed by atoms with Gasteiger partial charge in [-0.2, -0.15) is 0 Å². The second-order valence-electron chi connectivity index (χ2n) is 4.55. The van der Waals surface area contributed by atoms with E-state index in [4.69, 9.17) is 0 Å². The van der Waals surface area contributed by atoms with E-state index in [-0.39, 0.29) is 22.9 Å². The third kappa shape index (κ3) is 3.89. The molecule has 0 aliphatic rings. The van der Waals surface area contributed by atoms with Crippen molar-refractivity contribution in [1.29, 1.82) is 0 Å². The van der Waals surface area contributed by atoms with Crippen LogP contribution in [0.25, 0.3) is 0 Å². The zero-order valence-corrected chi connectivity index (χ0v) is 12.4. The molecule has 0 aromatic heterocycles. The monoisotopic (exact) mass is 304 g/mol. The summed E-state index contributed by atoms with van der Waals surface area (Å²) in [6.07, 6.45) is 0. The van der Waals surface area contributed by atoms with Gasteiger partial charge in [0.15, 0.2) is 9.84 Å². The van der Waals surface area contributed by atoms with Gasteiger partial charge in [0.1, 0.15) is 11.5 Å². The molecule has 0 N–H and O–H groups in total. The van der Waals surface area contributed by atoms with E-state index in [0.717, 1.165) is 12.1 Å². The zero-order valence-electron chi connectivity index (χ0n) is 11.5. The number of benzene rings is 1. The Hall–Kier alpha value is -1.70. The Labute approximate surface area is 117 Å². The number of nitrogens with zero attached hydrogens (tertiary/aromatic N) is 2.